The smallest absolute Gasteiger partial charge is 0.262 e. The van der Waals surface area contributed by atoms with Crippen molar-refractivity contribution in [1.29, 1.82) is 5.26 Å². The minimum Gasteiger partial charge on any atom is -0.480 e. The molecule has 0 unspecified atom stereocenters. The van der Waals surface area contributed by atoms with Crippen molar-refractivity contribution < 1.29 is 9.53 Å². The van der Waals surface area contributed by atoms with Crippen LogP contribution in [0.15, 0.2) is 12.1 Å². The Balaban J connectivity index is 2.58. The number of carbonyl (C=O) groups excluding carboxylic acids is 1. The highest BCUT2D eigenvalue weighted by atomic mass is 16.5. The number of nitriles is 1. The lowest BCUT2D eigenvalue weighted by atomic mass is 10.1. The maximum Gasteiger partial charge on any atom is 0.262 e. The Bertz CT molecular complexity index is 448. The third kappa shape index (κ3) is 1.23. The van der Waals surface area contributed by atoms with E-state index in [0.29, 0.717) is 22.7 Å². The quantitative estimate of drug-likeness (QED) is 0.580. The van der Waals surface area contributed by atoms with Crippen LogP contribution in [0.25, 0.3) is 0 Å². The Morgan fingerprint density at radius 3 is 3.07 bits per heavy atom. The molecule has 0 spiro atoms. The summed E-state index contributed by atoms with van der Waals surface area (Å²) in [6, 6.07) is 5.03. The first-order valence-corrected chi connectivity index (χ1v) is 3.97. The number of nitrogens with two attached hydrogens (primary N) is 1. The molecule has 0 radical (unpaired) electrons. The van der Waals surface area contributed by atoms with E-state index in [4.69, 9.17) is 15.7 Å². The van der Waals surface area contributed by atoms with Crippen molar-refractivity contribution in [3.8, 4) is 11.8 Å². The van der Waals surface area contributed by atoms with Crippen LogP contribution >= 0.6 is 0 Å². The molecule has 14 heavy (non-hydrogen) atoms. The Morgan fingerprint density at radius 2 is 2.36 bits per heavy atom. The van der Waals surface area contributed by atoms with E-state index in [-0.39, 0.29) is 12.5 Å². The molecule has 1 heterocycles. The largest absolute Gasteiger partial charge is 0.480 e. The van der Waals surface area contributed by atoms with Crippen molar-refractivity contribution in [2.75, 3.05) is 17.7 Å². The summed E-state index contributed by atoms with van der Waals surface area (Å²) in [5.74, 6) is 0.147. The van der Waals surface area contributed by atoms with Crippen molar-refractivity contribution in [1.82, 2.24) is 0 Å². The number of rotatable bonds is 0. The molecule has 5 heteroatoms. The number of hydrogen-bond acceptors (Lipinski definition) is 4. The van der Waals surface area contributed by atoms with Crippen LogP contribution < -0.4 is 15.8 Å². The molecule has 0 saturated carbocycles. The molecule has 70 valence electrons. The van der Waals surface area contributed by atoms with Crippen LogP contribution in [0.3, 0.4) is 0 Å². The molecule has 2 rings (SSSR count). The normalized spacial score (nSPS) is 13.5. The first kappa shape index (κ1) is 8.38. The average Bonchev–Trinajstić information content (AvgIpc) is 2.15. The van der Waals surface area contributed by atoms with Crippen LogP contribution in [0, 0.1) is 11.3 Å². The van der Waals surface area contributed by atoms with Crippen LogP contribution in [0.5, 0.6) is 5.75 Å². The van der Waals surface area contributed by atoms with E-state index in [2.05, 4.69) is 5.32 Å². The van der Waals surface area contributed by atoms with Gasteiger partial charge in [0.15, 0.2) is 12.4 Å². The second kappa shape index (κ2) is 2.92. The number of carbonyl (C=O) groups is 1. The fourth-order valence-corrected chi connectivity index (χ4v) is 1.31. The average molecular weight is 189 g/mol. The number of benzene rings is 1. The summed E-state index contributed by atoms with van der Waals surface area (Å²) in [6.45, 7) is -0.0639. The Morgan fingerprint density at radius 1 is 1.57 bits per heavy atom. The van der Waals surface area contributed by atoms with E-state index in [9.17, 15) is 4.79 Å². The molecule has 1 aromatic rings. The molecule has 1 aromatic carbocycles. The van der Waals surface area contributed by atoms with Crippen LogP contribution in [0.1, 0.15) is 5.56 Å². The third-order valence-corrected chi connectivity index (χ3v) is 1.85. The van der Waals surface area contributed by atoms with Gasteiger partial charge in [0.2, 0.25) is 0 Å². The molecule has 0 fully saturated rings. The van der Waals surface area contributed by atoms with Crippen LogP contribution in [0.2, 0.25) is 0 Å². The molecule has 3 N–H and O–H groups in total. The topological polar surface area (TPSA) is 88.1 Å². The second-order valence-electron chi connectivity index (χ2n) is 2.89. The van der Waals surface area contributed by atoms with E-state index in [1.54, 1.807) is 6.07 Å². The summed E-state index contributed by atoms with van der Waals surface area (Å²) < 4.78 is 5.12. The van der Waals surface area contributed by atoms with Gasteiger partial charge in [0.25, 0.3) is 5.91 Å². The zero-order valence-electron chi connectivity index (χ0n) is 7.20. The Labute approximate surface area is 80.1 Å². The molecule has 1 aliphatic rings. The number of ether oxygens (including phenoxy) is 1. The molecule has 0 aromatic heterocycles. The van der Waals surface area contributed by atoms with Gasteiger partial charge in [0, 0.05) is 5.69 Å². The van der Waals surface area contributed by atoms with Gasteiger partial charge in [-0.25, -0.2) is 0 Å². The molecule has 1 amide bonds. The van der Waals surface area contributed by atoms with Gasteiger partial charge in [0.05, 0.1) is 11.3 Å². The molecule has 1 aliphatic heterocycles. The minimum absolute atomic E-state index is 0.0639. The van der Waals surface area contributed by atoms with Gasteiger partial charge in [-0.3, -0.25) is 4.79 Å². The molecule has 0 aliphatic carbocycles. The van der Waals surface area contributed by atoms with Crippen molar-refractivity contribution in [2.24, 2.45) is 0 Å². The molecule has 0 bridgehead atoms. The summed E-state index contributed by atoms with van der Waals surface area (Å²) in [4.78, 5) is 11.0. The van der Waals surface area contributed by atoms with Gasteiger partial charge in [-0.15, -0.1) is 0 Å². The maximum absolute atomic E-state index is 11.0. The highest BCUT2D eigenvalue weighted by Crippen LogP contribution is 2.33. The maximum atomic E-state index is 11.0. The Hall–Kier alpha value is -2.22. The zero-order valence-corrected chi connectivity index (χ0v) is 7.20. The van der Waals surface area contributed by atoms with Crippen molar-refractivity contribution >= 4 is 17.3 Å². The predicted octanol–water partition coefficient (Wildman–Crippen LogP) is 0.471. The zero-order chi connectivity index (χ0) is 10.1. The monoisotopic (exact) mass is 189 g/mol. The predicted molar refractivity (Wildman–Crippen MR) is 49.7 cm³/mol. The number of nitrogens with one attached hydrogen (secondary N) is 1. The number of amides is 1. The lowest BCUT2D eigenvalue weighted by molar-refractivity contribution is -0.118. The summed E-state index contributed by atoms with van der Waals surface area (Å²) >= 11 is 0. The number of nitrogen functional groups attached to an aromatic ring is 1. The molecular formula is C9H7N3O2. The molecule has 5 nitrogen and oxygen atoms in total. The van der Waals surface area contributed by atoms with Crippen LogP contribution in [-0.4, -0.2) is 12.5 Å². The summed E-state index contributed by atoms with van der Waals surface area (Å²) in [5.41, 5.74) is 6.76. The van der Waals surface area contributed by atoms with Crippen molar-refractivity contribution in [3.63, 3.8) is 0 Å². The van der Waals surface area contributed by atoms with Crippen molar-refractivity contribution in [3.05, 3.63) is 17.7 Å². The van der Waals surface area contributed by atoms with Gasteiger partial charge < -0.3 is 15.8 Å². The third-order valence-electron chi connectivity index (χ3n) is 1.85. The van der Waals surface area contributed by atoms with Crippen LogP contribution in [0.4, 0.5) is 11.4 Å². The highest BCUT2D eigenvalue weighted by Gasteiger charge is 2.19. The van der Waals surface area contributed by atoms with Gasteiger partial charge in [-0.1, -0.05) is 0 Å². The number of anilines is 2. The van der Waals surface area contributed by atoms with Crippen LogP contribution in [-0.2, 0) is 4.79 Å². The number of hydrogen-bond donors (Lipinski definition) is 2. The fourth-order valence-electron chi connectivity index (χ4n) is 1.31. The van der Waals surface area contributed by atoms with Gasteiger partial charge >= 0.3 is 0 Å². The molecule has 0 saturated heterocycles. The number of nitrogens with zero attached hydrogens (tertiary/aromatic N) is 1. The SMILES string of the molecule is N#Cc1cc(N)cc2c1OCC(=O)N2. The summed E-state index contributed by atoms with van der Waals surface area (Å²) in [6.07, 6.45) is 0. The lowest BCUT2D eigenvalue weighted by Gasteiger charge is -2.18. The van der Waals surface area contributed by atoms with Gasteiger partial charge in [-0.2, -0.15) is 5.26 Å². The second-order valence-corrected chi connectivity index (χ2v) is 2.89. The highest BCUT2D eigenvalue weighted by molar-refractivity contribution is 5.96. The Kier molecular flexibility index (Phi) is 1.75. The number of fused-ring (bicyclic) bond motifs is 1. The van der Waals surface area contributed by atoms with Gasteiger partial charge in [0.1, 0.15) is 6.07 Å². The van der Waals surface area contributed by atoms with Gasteiger partial charge in [-0.05, 0) is 12.1 Å². The van der Waals surface area contributed by atoms with E-state index >= 15 is 0 Å². The standard InChI is InChI=1S/C9H7N3O2/c10-3-5-1-6(11)2-7-9(5)14-4-8(13)12-7/h1-2H,4,11H2,(H,12,13). The first-order valence-electron chi connectivity index (χ1n) is 3.97. The van der Waals surface area contributed by atoms with E-state index in [1.165, 1.54) is 6.07 Å². The summed E-state index contributed by atoms with van der Waals surface area (Å²) in [5, 5.41) is 11.4. The molecule has 0 atom stereocenters. The van der Waals surface area contributed by atoms with E-state index in [1.807, 2.05) is 6.07 Å². The lowest BCUT2D eigenvalue weighted by Crippen LogP contribution is -2.26. The minimum atomic E-state index is -0.244. The summed E-state index contributed by atoms with van der Waals surface area (Å²) in [7, 11) is 0. The van der Waals surface area contributed by atoms with E-state index in [0.717, 1.165) is 0 Å². The molecular weight excluding hydrogens is 182 g/mol. The van der Waals surface area contributed by atoms with Crippen molar-refractivity contribution in [2.45, 2.75) is 0 Å². The van der Waals surface area contributed by atoms with E-state index < -0.39 is 0 Å². The fraction of sp³-hybridized carbons (Fsp3) is 0.111. The first-order chi connectivity index (χ1) is 6.70.